The summed E-state index contributed by atoms with van der Waals surface area (Å²) in [6.07, 6.45) is 0. The molecule has 0 saturated carbocycles. The highest BCUT2D eigenvalue weighted by Crippen LogP contribution is 2.09. The van der Waals surface area contributed by atoms with Gasteiger partial charge in [-0.3, -0.25) is 4.90 Å². The number of benzene rings is 1. The molecule has 1 rings (SSSR count). The molecule has 0 atom stereocenters. The normalized spacial score (nSPS) is 10.7. The third kappa shape index (κ3) is 4.02. The summed E-state index contributed by atoms with van der Waals surface area (Å²) in [6.45, 7) is 5.07. The van der Waals surface area contributed by atoms with E-state index in [1.54, 1.807) is 12.1 Å². The van der Waals surface area contributed by atoms with Crippen LogP contribution in [-0.4, -0.2) is 24.4 Å². The predicted octanol–water partition coefficient (Wildman–Crippen LogP) is 3.05. The van der Waals surface area contributed by atoms with Crippen molar-refractivity contribution in [1.29, 1.82) is 0 Å². The second kappa shape index (κ2) is 5.89. The first-order valence-corrected chi connectivity index (χ1v) is 5.31. The fourth-order valence-corrected chi connectivity index (χ4v) is 1.48. The molecular weight excluding hydrogens is 213 g/mol. The summed E-state index contributed by atoms with van der Waals surface area (Å²) < 4.78 is 13.3. The summed E-state index contributed by atoms with van der Waals surface area (Å²) in [6, 6.07) is 6.79. The number of hydrogen-bond donors (Lipinski definition) is 0. The number of likely N-dealkylation sites (N-methyl/N-ethyl adjacent to an activating group) is 1. The molecule has 0 aliphatic heterocycles. The van der Waals surface area contributed by atoms with Crippen LogP contribution in [0.15, 0.2) is 36.4 Å². The summed E-state index contributed by atoms with van der Waals surface area (Å²) in [7, 11) is 1.92. The van der Waals surface area contributed by atoms with Gasteiger partial charge in [-0.2, -0.15) is 0 Å². The summed E-state index contributed by atoms with van der Waals surface area (Å²) >= 11 is 5.63. The van der Waals surface area contributed by atoms with Gasteiger partial charge in [0, 0.05) is 24.5 Å². The predicted molar refractivity (Wildman–Crippen MR) is 62.6 cm³/mol. The highest BCUT2D eigenvalue weighted by atomic mass is 35.5. The fourth-order valence-electron chi connectivity index (χ4n) is 1.40. The summed E-state index contributed by atoms with van der Waals surface area (Å²) in [4.78, 5) is 1.99. The van der Waals surface area contributed by atoms with Crippen LogP contribution in [0.5, 0.6) is 0 Å². The maximum absolute atomic E-state index is 13.3. The lowest BCUT2D eigenvalue weighted by atomic mass is 10.2. The minimum Gasteiger partial charge on any atom is -0.298 e. The van der Waals surface area contributed by atoms with Gasteiger partial charge in [0.15, 0.2) is 0 Å². The van der Waals surface area contributed by atoms with Crippen molar-refractivity contribution in [3.8, 4) is 0 Å². The Labute approximate surface area is 95.2 Å². The molecule has 0 bridgehead atoms. The van der Waals surface area contributed by atoms with Gasteiger partial charge >= 0.3 is 0 Å². The van der Waals surface area contributed by atoms with E-state index in [1.807, 2.05) is 18.0 Å². The van der Waals surface area contributed by atoms with E-state index in [0.717, 1.165) is 5.57 Å². The van der Waals surface area contributed by atoms with Crippen molar-refractivity contribution in [2.24, 2.45) is 0 Å². The van der Waals surface area contributed by atoms with Crippen molar-refractivity contribution in [2.75, 3.05) is 19.5 Å². The zero-order chi connectivity index (χ0) is 11.3. The average Bonchev–Trinajstić information content (AvgIpc) is 2.21. The fraction of sp³-hybridized carbons (Fsp3) is 0.333. The molecule has 3 heteroatoms. The van der Waals surface area contributed by atoms with Crippen LogP contribution in [0.2, 0.25) is 0 Å². The van der Waals surface area contributed by atoms with Crippen molar-refractivity contribution in [1.82, 2.24) is 4.90 Å². The van der Waals surface area contributed by atoms with Crippen LogP contribution in [0, 0.1) is 5.82 Å². The minimum absolute atomic E-state index is 0.166. The molecule has 0 unspecified atom stereocenters. The van der Waals surface area contributed by atoms with Crippen molar-refractivity contribution in [3.05, 3.63) is 47.8 Å². The maximum Gasteiger partial charge on any atom is 0.127 e. The van der Waals surface area contributed by atoms with E-state index in [9.17, 15) is 4.39 Å². The van der Waals surface area contributed by atoms with Crippen LogP contribution >= 0.6 is 11.6 Å². The number of nitrogens with zero attached hydrogens (tertiary/aromatic N) is 1. The Balaban J connectivity index is 2.55. The van der Waals surface area contributed by atoms with E-state index >= 15 is 0 Å². The molecule has 1 aromatic carbocycles. The molecule has 0 radical (unpaired) electrons. The number of rotatable bonds is 5. The average molecular weight is 228 g/mol. The standard InChI is InChI=1S/C12H15ClFN/c1-10(7-13)8-15(2)9-11-5-3-4-6-12(11)14/h3-6H,1,7-9H2,2H3. The van der Waals surface area contributed by atoms with E-state index in [-0.39, 0.29) is 5.82 Å². The van der Waals surface area contributed by atoms with Gasteiger partial charge < -0.3 is 0 Å². The second-order valence-corrected chi connectivity index (χ2v) is 3.91. The van der Waals surface area contributed by atoms with Gasteiger partial charge in [0.2, 0.25) is 0 Å². The van der Waals surface area contributed by atoms with Crippen LogP contribution in [0.1, 0.15) is 5.56 Å². The van der Waals surface area contributed by atoms with Crippen LogP contribution in [0.25, 0.3) is 0 Å². The third-order valence-electron chi connectivity index (χ3n) is 2.08. The van der Waals surface area contributed by atoms with E-state index in [0.29, 0.717) is 24.5 Å². The van der Waals surface area contributed by atoms with Gasteiger partial charge in [-0.1, -0.05) is 24.8 Å². The molecule has 0 amide bonds. The topological polar surface area (TPSA) is 3.24 Å². The van der Waals surface area contributed by atoms with Crippen LogP contribution < -0.4 is 0 Å². The minimum atomic E-state index is -0.166. The molecule has 0 aliphatic carbocycles. The molecule has 0 N–H and O–H groups in total. The summed E-state index contributed by atoms with van der Waals surface area (Å²) in [5, 5.41) is 0. The number of halogens is 2. The Bertz CT molecular complexity index is 338. The van der Waals surface area contributed by atoms with Crippen LogP contribution in [0.4, 0.5) is 4.39 Å². The van der Waals surface area contributed by atoms with Gasteiger partial charge in [0.1, 0.15) is 5.82 Å². The molecule has 0 heterocycles. The molecule has 15 heavy (non-hydrogen) atoms. The van der Waals surface area contributed by atoms with E-state index in [2.05, 4.69) is 6.58 Å². The molecule has 0 spiro atoms. The molecule has 0 saturated heterocycles. The lowest BCUT2D eigenvalue weighted by Gasteiger charge is -2.17. The SMILES string of the molecule is C=C(CCl)CN(C)Cc1ccccc1F. The molecule has 0 fully saturated rings. The van der Waals surface area contributed by atoms with Crippen molar-refractivity contribution >= 4 is 11.6 Å². The van der Waals surface area contributed by atoms with Gasteiger partial charge in [-0.25, -0.2) is 4.39 Å². The number of alkyl halides is 1. The first-order valence-electron chi connectivity index (χ1n) is 4.78. The molecule has 0 aromatic heterocycles. The molecular formula is C12H15ClFN. The largest absolute Gasteiger partial charge is 0.298 e. The lowest BCUT2D eigenvalue weighted by Crippen LogP contribution is -2.21. The first kappa shape index (κ1) is 12.2. The molecule has 1 nitrogen and oxygen atoms in total. The van der Waals surface area contributed by atoms with Gasteiger partial charge in [-0.05, 0) is 18.7 Å². The highest BCUT2D eigenvalue weighted by molar-refractivity contribution is 6.19. The Kier molecular flexibility index (Phi) is 4.79. The van der Waals surface area contributed by atoms with E-state index in [4.69, 9.17) is 11.6 Å². The molecule has 1 aromatic rings. The second-order valence-electron chi connectivity index (χ2n) is 3.65. The monoisotopic (exact) mass is 227 g/mol. The van der Waals surface area contributed by atoms with Crippen molar-refractivity contribution < 1.29 is 4.39 Å². The third-order valence-corrected chi connectivity index (χ3v) is 2.46. The summed E-state index contributed by atoms with van der Waals surface area (Å²) in [5.74, 6) is 0.280. The first-order chi connectivity index (χ1) is 7.13. The molecule has 82 valence electrons. The Morgan fingerprint density at radius 3 is 2.73 bits per heavy atom. The van der Waals surface area contributed by atoms with Gasteiger partial charge in [0.25, 0.3) is 0 Å². The van der Waals surface area contributed by atoms with Crippen molar-refractivity contribution in [2.45, 2.75) is 6.54 Å². The van der Waals surface area contributed by atoms with Gasteiger partial charge in [0.05, 0.1) is 0 Å². The summed E-state index contributed by atoms with van der Waals surface area (Å²) in [5.41, 5.74) is 1.64. The smallest absolute Gasteiger partial charge is 0.127 e. The lowest BCUT2D eigenvalue weighted by molar-refractivity contribution is 0.349. The Morgan fingerprint density at radius 2 is 2.13 bits per heavy atom. The number of hydrogen-bond acceptors (Lipinski definition) is 1. The molecule has 0 aliphatic rings. The van der Waals surface area contributed by atoms with Crippen LogP contribution in [0.3, 0.4) is 0 Å². The zero-order valence-corrected chi connectivity index (χ0v) is 9.60. The highest BCUT2D eigenvalue weighted by Gasteiger charge is 2.05. The van der Waals surface area contributed by atoms with E-state index < -0.39 is 0 Å². The van der Waals surface area contributed by atoms with Gasteiger partial charge in [-0.15, -0.1) is 11.6 Å². The van der Waals surface area contributed by atoms with Crippen molar-refractivity contribution in [3.63, 3.8) is 0 Å². The maximum atomic E-state index is 13.3. The van der Waals surface area contributed by atoms with Crippen LogP contribution in [-0.2, 0) is 6.54 Å². The Hall–Kier alpha value is -0.860. The quantitative estimate of drug-likeness (QED) is 0.552. The Morgan fingerprint density at radius 1 is 1.47 bits per heavy atom. The zero-order valence-electron chi connectivity index (χ0n) is 8.84. The van der Waals surface area contributed by atoms with E-state index in [1.165, 1.54) is 6.07 Å².